The minimum Gasteiger partial charge on any atom is -0.444 e. The summed E-state index contributed by atoms with van der Waals surface area (Å²) >= 11 is 0. The van der Waals surface area contributed by atoms with E-state index in [2.05, 4.69) is 5.32 Å². The number of rotatable bonds is 3. The lowest BCUT2D eigenvalue weighted by Gasteiger charge is -2.45. The van der Waals surface area contributed by atoms with Crippen LogP contribution in [0.4, 0.5) is 4.79 Å². The van der Waals surface area contributed by atoms with E-state index < -0.39 is 29.1 Å². The van der Waals surface area contributed by atoms with Gasteiger partial charge >= 0.3 is 6.09 Å². The molecule has 1 unspecified atom stereocenters. The van der Waals surface area contributed by atoms with Crippen molar-refractivity contribution in [1.29, 1.82) is 0 Å². The highest BCUT2D eigenvalue weighted by Gasteiger charge is 2.61. The van der Waals surface area contributed by atoms with Gasteiger partial charge in [0.05, 0.1) is 12.0 Å². The van der Waals surface area contributed by atoms with Crippen LogP contribution >= 0.6 is 0 Å². The number of ketones is 2. The van der Waals surface area contributed by atoms with Crippen LogP contribution in [0.3, 0.4) is 0 Å². The van der Waals surface area contributed by atoms with Crippen molar-refractivity contribution in [3.63, 3.8) is 0 Å². The summed E-state index contributed by atoms with van der Waals surface area (Å²) < 4.78 is 5.28. The summed E-state index contributed by atoms with van der Waals surface area (Å²) in [6.07, 6.45) is -0.646. The van der Waals surface area contributed by atoms with Crippen molar-refractivity contribution >= 4 is 17.7 Å². The first-order valence-corrected chi connectivity index (χ1v) is 7.70. The predicted molar refractivity (Wildman–Crippen MR) is 85.8 cm³/mol. The Kier molecular flexibility index (Phi) is 4.33. The van der Waals surface area contributed by atoms with E-state index in [1.807, 2.05) is 6.07 Å². The molecule has 23 heavy (non-hydrogen) atoms. The van der Waals surface area contributed by atoms with Gasteiger partial charge in [-0.2, -0.15) is 0 Å². The normalized spacial score (nSPS) is 25.5. The number of nitrogens with one attached hydrogen (secondary N) is 1. The lowest BCUT2D eigenvalue weighted by Crippen LogP contribution is -2.62. The molecule has 1 aliphatic carbocycles. The molecule has 5 heteroatoms. The van der Waals surface area contributed by atoms with Crippen LogP contribution in [0.5, 0.6) is 0 Å². The Morgan fingerprint density at radius 2 is 1.70 bits per heavy atom. The fourth-order valence-electron chi connectivity index (χ4n) is 2.98. The molecule has 1 N–H and O–H groups in total. The van der Waals surface area contributed by atoms with E-state index in [1.165, 1.54) is 0 Å². The molecule has 0 aliphatic heterocycles. The number of hydrogen-bond acceptors (Lipinski definition) is 4. The third-order valence-electron chi connectivity index (χ3n) is 4.18. The second kappa shape index (κ2) is 5.80. The number of carbonyl (C=O) groups is 3. The molecule has 1 fully saturated rings. The van der Waals surface area contributed by atoms with Gasteiger partial charge in [0.25, 0.3) is 0 Å². The van der Waals surface area contributed by atoms with Crippen molar-refractivity contribution in [2.75, 3.05) is 0 Å². The zero-order chi connectivity index (χ0) is 17.4. The van der Waals surface area contributed by atoms with Crippen LogP contribution in [-0.2, 0) is 14.3 Å². The summed E-state index contributed by atoms with van der Waals surface area (Å²) in [5.74, 6) is -0.938. The van der Waals surface area contributed by atoms with Crippen LogP contribution in [0.2, 0.25) is 0 Å². The van der Waals surface area contributed by atoms with Crippen LogP contribution in [0.1, 0.15) is 46.2 Å². The molecule has 1 amide bonds. The highest BCUT2D eigenvalue weighted by Crippen LogP contribution is 2.47. The number of ether oxygens (including phenoxy) is 1. The minimum absolute atomic E-state index is 0.160. The lowest BCUT2D eigenvalue weighted by atomic mass is 9.56. The van der Waals surface area contributed by atoms with Crippen LogP contribution in [0, 0.1) is 11.3 Å². The van der Waals surface area contributed by atoms with E-state index in [0.29, 0.717) is 5.56 Å². The molecule has 1 atom stereocenters. The smallest absolute Gasteiger partial charge is 0.408 e. The average Bonchev–Trinajstić information content (AvgIpc) is 2.49. The number of carbonyl (C=O) groups excluding carboxylic acids is 3. The Morgan fingerprint density at radius 1 is 1.17 bits per heavy atom. The first kappa shape index (κ1) is 17.2. The van der Waals surface area contributed by atoms with E-state index in [1.54, 1.807) is 58.9 Å². The molecule has 0 bridgehead atoms. The maximum absolute atomic E-state index is 12.4. The van der Waals surface area contributed by atoms with Gasteiger partial charge in [-0.25, -0.2) is 4.79 Å². The second-order valence-corrected chi connectivity index (χ2v) is 7.14. The quantitative estimate of drug-likeness (QED) is 0.870. The van der Waals surface area contributed by atoms with Crippen LogP contribution in [0.15, 0.2) is 30.3 Å². The van der Waals surface area contributed by atoms with E-state index in [9.17, 15) is 14.4 Å². The molecule has 0 heterocycles. The summed E-state index contributed by atoms with van der Waals surface area (Å²) in [7, 11) is 0. The molecule has 0 saturated heterocycles. The number of alkyl carbamates (subject to hydrolysis) is 1. The van der Waals surface area contributed by atoms with Crippen molar-refractivity contribution in [2.24, 2.45) is 11.3 Å². The van der Waals surface area contributed by atoms with Crippen LogP contribution in [-0.4, -0.2) is 23.3 Å². The first-order valence-electron chi connectivity index (χ1n) is 7.70. The van der Waals surface area contributed by atoms with Gasteiger partial charge in [0, 0.05) is 0 Å². The second-order valence-electron chi connectivity index (χ2n) is 7.14. The molecule has 124 valence electrons. The largest absolute Gasteiger partial charge is 0.444 e. The van der Waals surface area contributed by atoms with Crippen molar-refractivity contribution < 1.29 is 19.1 Å². The molecule has 0 aromatic heterocycles. The Balaban J connectivity index is 2.33. The van der Waals surface area contributed by atoms with Gasteiger partial charge in [-0.3, -0.25) is 9.59 Å². The maximum Gasteiger partial charge on any atom is 0.408 e. The number of hydrogen-bond donors (Lipinski definition) is 1. The molecule has 1 saturated carbocycles. The van der Waals surface area contributed by atoms with E-state index in [4.69, 9.17) is 4.74 Å². The van der Waals surface area contributed by atoms with E-state index >= 15 is 0 Å². The van der Waals surface area contributed by atoms with Crippen molar-refractivity contribution in [3.05, 3.63) is 35.9 Å². The summed E-state index contributed by atoms with van der Waals surface area (Å²) in [5.41, 5.74) is -1.21. The zero-order valence-corrected chi connectivity index (χ0v) is 14.2. The molecule has 0 radical (unpaired) electrons. The van der Waals surface area contributed by atoms with Gasteiger partial charge in [0.2, 0.25) is 0 Å². The number of benzene rings is 1. The highest BCUT2D eigenvalue weighted by atomic mass is 16.6. The van der Waals surface area contributed by atoms with Crippen molar-refractivity contribution in [3.8, 4) is 0 Å². The Hall–Kier alpha value is -2.17. The maximum atomic E-state index is 12.4. The lowest BCUT2D eigenvalue weighted by molar-refractivity contribution is -0.161. The SMILES string of the molecule is CC1C(=O)C(C)(C(NC(=O)OC(C)(C)C)c2ccccc2)C1=O. The van der Waals surface area contributed by atoms with E-state index in [0.717, 1.165) is 0 Å². The average molecular weight is 317 g/mol. The molecule has 0 spiro atoms. The topological polar surface area (TPSA) is 72.5 Å². The summed E-state index contributed by atoms with van der Waals surface area (Å²) in [6.45, 7) is 8.46. The Morgan fingerprint density at radius 3 is 2.17 bits per heavy atom. The van der Waals surface area contributed by atoms with Gasteiger partial charge in [-0.1, -0.05) is 30.3 Å². The van der Waals surface area contributed by atoms with Crippen molar-refractivity contribution in [1.82, 2.24) is 5.32 Å². The molecule has 2 rings (SSSR count). The highest BCUT2D eigenvalue weighted by molar-refractivity contribution is 6.27. The summed E-state index contributed by atoms with van der Waals surface area (Å²) in [4.78, 5) is 36.9. The fraction of sp³-hybridized carbons (Fsp3) is 0.500. The molecule has 1 aromatic rings. The first-order chi connectivity index (χ1) is 10.6. The molecule has 5 nitrogen and oxygen atoms in total. The molecular formula is C18H23NO4. The van der Waals surface area contributed by atoms with Crippen molar-refractivity contribution in [2.45, 2.75) is 46.3 Å². The zero-order valence-electron chi connectivity index (χ0n) is 14.2. The Bertz CT molecular complexity index is 614. The third-order valence-corrected chi connectivity index (χ3v) is 4.18. The summed E-state index contributed by atoms with van der Waals surface area (Å²) in [5, 5.41) is 2.71. The Labute approximate surface area is 136 Å². The van der Waals surface area contributed by atoms with Gasteiger partial charge < -0.3 is 10.1 Å². The van der Waals surface area contributed by atoms with Gasteiger partial charge in [-0.05, 0) is 40.2 Å². The molecule has 1 aromatic carbocycles. The van der Waals surface area contributed by atoms with Gasteiger partial charge in [-0.15, -0.1) is 0 Å². The van der Waals surface area contributed by atoms with Gasteiger partial charge in [0.1, 0.15) is 11.0 Å². The minimum atomic E-state index is -1.25. The predicted octanol–water partition coefficient (Wildman–Crippen LogP) is 3.05. The number of amides is 1. The van der Waals surface area contributed by atoms with Gasteiger partial charge in [0.15, 0.2) is 11.6 Å². The molecular weight excluding hydrogens is 294 g/mol. The fourth-order valence-corrected chi connectivity index (χ4v) is 2.98. The number of Topliss-reactive ketones (excluding diaryl/α,β-unsaturated/α-hetero) is 2. The standard InChI is InChI=1S/C18H23NO4/c1-11-14(20)18(5,15(11)21)13(12-9-7-6-8-10-12)19-16(22)23-17(2,3)4/h6-11,13H,1-5H3,(H,19,22). The van der Waals surface area contributed by atoms with Crippen LogP contribution in [0.25, 0.3) is 0 Å². The molecule has 1 aliphatic rings. The monoisotopic (exact) mass is 317 g/mol. The third kappa shape index (κ3) is 3.14. The summed E-state index contributed by atoms with van der Waals surface area (Å²) in [6, 6.07) is 8.28. The van der Waals surface area contributed by atoms with Crippen LogP contribution < -0.4 is 5.32 Å². The van der Waals surface area contributed by atoms with E-state index in [-0.39, 0.29) is 11.6 Å².